The molecule has 0 fully saturated rings. The van der Waals surface area contributed by atoms with Crippen molar-refractivity contribution in [2.24, 2.45) is 4.99 Å². The van der Waals surface area contributed by atoms with E-state index in [-0.39, 0.29) is 5.91 Å². The van der Waals surface area contributed by atoms with Crippen LogP contribution in [-0.4, -0.2) is 30.8 Å². The number of hydrogen-bond donors (Lipinski definition) is 0. The van der Waals surface area contributed by atoms with E-state index in [1.165, 1.54) is 11.3 Å². The van der Waals surface area contributed by atoms with Gasteiger partial charge in [-0.2, -0.15) is 4.99 Å². The third-order valence-electron chi connectivity index (χ3n) is 4.77. The number of para-hydroxylation sites is 2. The molecule has 3 aromatic carbocycles. The number of aromatic nitrogens is 1. The molecule has 0 aliphatic carbocycles. The molecule has 1 aromatic heterocycles. The van der Waals surface area contributed by atoms with Crippen molar-refractivity contribution >= 4 is 27.5 Å². The molecular formula is C25H24N2O4S. The second-order valence-electron chi connectivity index (χ2n) is 6.92. The van der Waals surface area contributed by atoms with Gasteiger partial charge in [-0.15, -0.1) is 0 Å². The van der Waals surface area contributed by atoms with Gasteiger partial charge in [-0.05, 0) is 49.4 Å². The van der Waals surface area contributed by atoms with Crippen LogP contribution in [0.1, 0.15) is 17.3 Å². The summed E-state index contributed by atoms with van der Waals surface area (Å²) in [5, 5.41) is 0. The van der Waals surface area contributed by atoms with E-state index in [0.29, 0.717) is 41.6 Å². The largest absolute Gasteiger partial charge is 0.494 e. The van der Waals surface area contributed by atoms with Crippen LogP contribution in [0.2, 0.25) is 0 Å². The van der Waals surface area contributed by atoms with Crippen LogP contribution in [0.15, 0.2) is 77.8 Å². The van der Waals surface area contributed by atoms with Gasteiger partial charge in [0.25, 0.3) is 5.91 Å². The molecule has 4 rings (SSSR count). The molecule has 0 saturated carbocycles. The van der Waals surface area contributed by atoms with Crippen LogP contribution in [0.4, 0.5) is 0 Å². The summed E-state index contributed by atoms with van der Waals surface area (Å²) >= 11 is 1.45. The van der Waals surface area contributed by atoms with Crippen LogP contribution < -0.4 is 14.3 Å². The van der Waals surface area contributed by atoms with Gasteiger partial charge in [-0.3, -0.25) is 4.79 Å². The quantitative estimate of drug-likeness (QED) is 0.368. The number of benzene rings is 3. The van der Waals surface area contributed by atoms with Crippen molar-refractivity contribution in [3.63, 3.8) is 0 Å². The van der Waals surface area contributed by atoms with E-state index >= 15 is 0 Å². The zero-order valence-corrected chi connectivity index (χ0v) is 18.8. The second-order valence-corrected chi connectivity index (χ2v) is 7.93. The van der Waals surface area contributed by atoms with Crippen LogP contribution in [-0.2, 0) is 11.3 Å². The average molecular weight is 449 g/mol. The van der Waals surface area contributed by atoms with Crippen molar-refractivity contribution in [1.82, 2.24) is 4.57 Å². The van der Waals surface area contributed by atoms with Gasteiger partial charge in [0.05, 0.1) is 29.0 Å². The summed E-state index contributed by atoms with van der Waals surface area (Å²) in [6.45, 7) is 3.63. The predicted octanol–water partition coefficient (Wildman–Crippen LogP) is 5.28. The standard InChI is InChI=1S/C25H24N2O4S/c1-3-30-19-13-14-21-23(17-19)32-25(27(21)15-16-29-2)26-24(28)20-11-7-8-12-22(20)31-18-9-5-4-6-10-18/h4-14,17H,3,15-16H2,1-2H3. The smallest absolute Gasteiger partial charge is 0.283 e. The minimum atomic E-state index is -0.362. The first-order valence-corrected chi connectivity index (χ1v) is 11.2. The third kappa shape index (κ3) is 4.90. The normalized spacial score (nSPS) is 11.6. The third-order valence-corrected chi connectivity index (χ3v) is 5.81. The monoisotopic (exact) mass is 448 g/mol. The highest BCUT2D eigenvalue weighted by molar-refractivity contribution is 7.16. The van der Waals surface area contributed by atoms with E-state index in [1.807, 2.05) is 66.1 Å². The van der Waals surface area contributed by atoms with Crippen molar-refractivity contribution in [3.05, 3.63) is 83.2 Å². The van der Waals surface area contributed by atoms with Crippen molar-refractivity contribution in [2.45, 2.75) is 13.5 Å². The second kappa shape index (κ2) is 10.3. The number of ether oxygens (including phenoxy) is 3. The fraction of sp³-hybridized carbons (Fsp3) is 0.200. The number of rotatable bonds is 8. The molecule has 4 aromatic rings. The molecule has 0 atom stereocenters. The van der Waals surface area contributed by atoms with Crippen LogP contribution in [0, 0.1) is 0 Å². The number of carbonyl (C=O) groups is 1. The maximum Gasteiger partial charge on any atom is 0.283 e. The molecule has 1 amide bonds. The molecule has 1 heterocycles. The van der Waals surface area contributed by atoms with Gasteiger partial charge in [0.1, 0.15) is 17.2 Å². The van der Waals surface area contributed by atoms with Crippen molar-refractivity contribution in [2.75, 3.05) is 20.3 Å². The van der Waals surface area contributed by atoms with Crippen LogP contribution >= 0.6 is 11.3 Å². The van der Waals surface area contributed by atoms with Gasteiger partial charge in [-0.25, -0.2) is 0 Å². The summed E-state index contributed by atoms with van der Waals surface area (Å²) in [6, 6.07) is 22.4. The van der Waals surface area contributed by atoms with Gasteiger partial charge in [0, 0.05) is 13.7 Å². The number of fused-ring (bicyclic) bond motifs is 1. The van der Waals surface area contributed by atoms with E-state index in [2.05, 4.69) is 4.99 Å². The molecule has 0 bridgehead atoms. The zero-order valence-electron chi connectivity index (χ0n) is 18.0. The molecule has 0 aliphatic heterocycles. The van der Waals surface area contributed by atoms with Crippen molar-refractivity contribution in [1.29, 1.82) is 0 Å². The minimum absolute atomic E-state index is 0.362. The molecule has 0 unspecified atom stereocenters. The Balaban J connectivity index is 1.74. The molecular weight excluding hydrogens is 424 g/mol. The SMILES string of the molecule is CCOc1ccc2c(c1)sc(=NC(=O)c1ccccc1Oc1ccccc1)n2CCOC. The number of nitrogens with zero attached hydrogens (tertiary/aromatic N) is 2. The highest BCUT2D eigenvalue weighted by Crippen LogP contribution is 2.26. The molecule has 164 valence electrons. The summed E-state index contributed by atoms with van der Waals surface area (Å²) in [4.78, 5) is 18.3. The van der Waals surface area contributed by atoms with Gasteiger partial charge < -0.3 is 18.8 Å². The summed E-state index contributed by atoms with van der Waals surface area (Å²) in [5.41, 5.74) is 1.39. The maximum absolute atomic E-state index is 13.2. The predicted molar refractivity (Wildman–Crippen MR) is 126 cm³/mol. The van der Waals surface area contributed by atoms with Gasteiger partial charge in [0.2, 0.25) is 0 Å². The zero-order chi connectivity index (χ0) is 22.3. The Hall–Kier alpha value is -3.42. The number of carbonyl (C=O) groups excluding carboxylic acids is 1. The fourth-order valence-corrected chi connectivity index (χ4v) is 4.37. The molecule has 6 nitrogen and oxygen atoms in total. The van der Waals surface area contributed by atoms with E-state index in [9.17, 15) is 4.79 Å². The maximum atomic E-state index is 13.2. The van der Waals surface area contributed by atoms with Crippen LogP contribution in [0.3, 0.4) is 0 Å². The topological polar surface area (TPSA) is 62.0 Å². The average Bonchev–Trinajstić information content (AvgIpc) is 3.15. The molecule has 7 heteroatoms. The van der Waals surface area contributed by atoms with Crippen molar-refractivity contribution < 1.29 is 19.0 Å². The Morgan fingerprint density at radius 2 is 1.78 bits per heavy atom. The first-order valence-electron chi connectivity index (χ1n) is 10.4. The highest BCUT2D eigenvalue weighted by atomic mass is 32.1. The lowest BCUT2D eigenvalue weighted by atomic mass is 10.2. The Morgan fingerprint density at radius 3 is 2.56 bits per heavy atom. The number of hydrogen-bond acceptors (Lipinski definition) is 5. The number of thiazole rings is 1. The molecule has 0 radical (unpaired) electrons. The first-order chi connectivity index (χ1) is 15.7. The van der Waals surface area contributed by atoms with Crippen LogP contribution in [0.5, 0.6) is 17.2 Å². The molecule has 0 aliphatic rings. The van der Waals surface area contributed by atoms with Crippen LogP contribution in [0.25, 0.3) is 10.2 Å². The molecule has 0 saturated heterocycles. The minimum Gasteiger partial charge on any atom is -0.494 e. The van der Waals surface area contributed by atoms with E-state index in [0.717, 1.165) is 16.0 Å². The molecule has 32 heavy (non-hydrogen) atoms. The lowest BCUT2D eigenvalue weighted by Gasteiger charge is -2.09. The van der Waals surface area contributed by atoms with Gasteiger partial charge in [0.15, 0.2) is 4.80 Å². The van der Waals surface area contributed by atoms with E-state index in [4.69, 9.17) is 14.2 Å². The Labute approximate surface area is 190 Å². The van der Waals surface area contributed by atoms with E-state index < -0.39 is 0 Å². The molecule has 0 spiro atoms. The van der Waals surface area contributed by atoms with Gasteiger partial charge in [-0.1, -0.05) is 41.7 Å². The highest BCUT2D eigenvalue weighted by Gasteiger charge is 2.14. The Bertz CT molecular complexity index is 1280. The van der Waals surface area contributed by atoms with Crippen molar-refractivity contribution in [3.8, 4) is 17.2 Å². The Morgan fingerprint density at radius 1 is 1.00 bits per heavy atom. The summed E-state index contributed by atoms with van der Waals surface area (Å²) in [5.74, 6) is 1.56. The number of methoxy groups -OCH3 is 1. The molecule has 0 N–H and O–H groups in total. The lowest BCUT2D eigenvalue weighted by Crippen LogP contribution is -2.19. The number of amides is 1. The summed E-state index contributed by atoms with van der Waals surface area (Å²) in [7, 11) is 1.65. The summed E-state index contributed by atoms with van der Waals surface area (Å²) < 4.78 is 19.8. The van der Waals surface area contributed by atoms with E-state index in [1.54, 1.807) is 25.3 Å². The fourth-order valence-electron chi connectivity index (χ4n) is 3.29. The lowest BCUT2D eigenvalue weighted by molar-refractivity contribution is 0.0995. The Kier molecular flexibility index (Phi) is 6.99. The van der Waals surface area contributed by atoms with Gasteiger partial charge >= 0.3 is 0 Å². The first kappa shape index (κ1) is 21.8. The summed E-state index contributed by atoms with van der Waals surface area (Å²) in [6.07, 6.45) is 0.